The zero-order chi connectivity index (χ0) is 12.7. The first-order chi connectivity index (χ1) is 8.20. The molecule has 0 aliphatic heterocycles. The molecule has 96 valence electrons. The number of rotatable bonds is 7. The van der Waals surface area contributed by atoms with Crippen molar-refractivity contribution in [3.8, 4) is 0 Å². The lowest BCUT2D eigenvalue weighted by Crippen LogP contribution is -2.31. The van der Waals surface area contributed by atoms with Crippen molar-refractivity contribution in [2.45, 2.75) is 52.4 Å². The standard InChI is InChI=1S/C12H22N4O/c1-3-4-5-6-7-8-10-11(12(17)14-13)9(2)15-16-10/h3-8,13H2,1-2H3,(H,14,17)(H,15,16). The van der Waals surface area contributed by atoms with Crippen LogP contribution in [0.2, 0.25) is 0 Å². The van der Waals surface area contributed by atoms with Crippen LogP contribution in [0.15, 0.2) is 0 Å². The number of amides is 1. The number of nitrogens with zero attached hydrogens (tertiary/aromatic N) is 1. The zero-order valence-electron chi connectivity index (χ0n) is 10.7. The molecule has 0 fully saturated rings. The molecule has 0 aromatic carbocycles. The van der Waals surface area contributed by atoms with E-state index in [1.165, 1.54) is 25.7 Å². The molecule has 17 heavy (non-hydrogen) atoms. The van der Waals surface area contributed by atoms with Gasteiger partial charge in [0.25, 0.3) is 5.91 Å². The van der Waals surface area contributed by atoms with Gasteiger partial charge in [-0.25, -0.2) is 5.84 Å². The molecule has 1 aromatic heterocycles. The Bertz CT molecular complexity index is 359. The summed E-state index contributed by atoms with van der Waals surface area (Å²) in [7, 11) is 0. The van der Waals surface area contributed by atoms with Crippen molar-refractivity contribution in [1.29, 1.82) is 0 Å². The quantitative estimate of drug-likeness (QED) is 0.293. The highest BCUT2D eigenvalue weighted by Gasteiger charge is 2.16. The van der Waals surface area contributed by atoms with E-state index in [1.807, 2.05) is 6.92 Å². The minimum Gasteiger partial charge on any atom is -0.290 e. The third-order valence-corrected chi connectivity index (χ3v) is 2.90. The summed E-state index contributed by atoms with van der Waals surface area (Å²) >= 11 is 0. The summed E-state index contributed by atoms with van der Waals surface area (Å²) in [5.41, 5.74) is 4.36. The number of nitrogens with two attached hydrogens (primary N) is 1. The Hall–Kier alpha value is -1.36. The van der Waals surface area contributed by atoms with Crippen LogP contribution in [0.25, 0.3) is 0 Å². The third kappa shape index (κ3) is 3.85. The van der Waals surface area contributed by atoms with Crippen LogP contribution in [-0.2, 0) is 6.42 Å². The molecule has 5 nitrogen and oxygen atoms in total. The van der Waals surface area contributed by atoms with Crippen molar-refractivity contribution in [3.05, 3.63) is 17.0 Å². The van der Waals surface area contributed by atoms with E-state index < -0.39 is 0 Å². The molecule has 5 heteroatoms. The van der Waals surface area contributed by atoms with Gasteiger partial charge in [-0.05, 0) is 19.8 Å². The summed E-state index contributed by atoms with van der Waals surface area (Å²) in [4.78, 5) is 11.6. The van der Waals surface area contributed by atoms with Gasteiger partial charge in [-0.3, -0.25) is 15.3 Å². The van der Waals surface area contributed by atoms with E-state index in [0.717, 1.165) is 24.2 Å². The van der Waals surface area contributed by atoms with Gasteiger partial charge < -0.3 is 0 Å². The second-order valence-corrected chi connectivity index (χ2v) is 4.31. The van der Waals surface area contributed by atoms with E-state index in [4.69, 9.17) is 5.84 Å². The molecule has 0 saturated heterocycles. The number of nitrogen functional groups attached to an aromatic ring is 1. The number of hydrazine groups is 1. The maximum absolute atomic E-state index is 11.6. The van der Waals surface area contributed by atoms with Crippen molar-refractivity contribution < 1.29 is 4.79 Å². The third-order valence-electron chi connectivity index (χ3n) is 2.90. The first-order valence-corrected chi connectivity index (χ1v) is 6.25. The number of H-pyrrole nitrogens is 1. The van der Waals surface area contributed by atoms with Gasteiger partial charge in [0.1, 0.15) is 0 Å². The first kappa shape index (κ1) is 13.7. The molecule has 0 spiro atoms. The lowest BCUT2D eigenvalue weighted by atomic mass is 10.1. The summed E-state index contributed by atoms with van der Waals surface area (Å²) < 4.78 is 0. The molecule has 1 aromatic rings. The molecule has 1 amide bonds. The molecule has 4 N–H and O–H groups in total. The lowest BCUT2D eigenvalue weighted by molar-refractivity contribution is 0.0952. The second kappa shape index (κ2) is 7.06. The fourth-order valence-corrected chi connectivity index (χ4v) is 1.93. The van der Waals surface area contributed by atoms with Crippen LogP contribution in [0.3, 0.4) is 0 Å². The van der Waals surface area contributed by atoms with Gasteiger partial charge in [0.15, 0.2) is 0 Å². The number of nitrogens with one attached hydrogen (secondary N) is 2. The number of hydrogen-bond acceptors (Lipinski definition) is 3. The van der Waals surface area contributed by atoms with E-state index in [0.29, 0.717) is 5.56 Å². The normalized spacial score (nSPS) is 10.5. The fourth-order valence-electron chi connectivity index (χ4n) is 1.93. The molecule has 0 saturated carbocycles. The number of aryl methyl sites for hydroxylation is 2. The van der Waals surface area contributed by atoms with E-state index in [1.54, 1.807) is 0 Å². The summed E-state index contributed by atoms with van der Waals surface area (Å²) in [5, 5.41) is 7.00. The highest BCUT2D eigenvalue weighted by atomic mass is 16.2. The van der Waals surface area contributed by atoms with Gasteiger partial charge in [-0.2, -0.15) is 5.10 Å². The molecule has 0 aliphatic carbocycles. The fraction of sp³-hybridized carbons (Fsp3) is 0.667. The Kier molecular flexibility index (Phi) is 5.69. The number of carbonyl (C=O) groups is 1. The first-order valence-electron chi connectivity index (χ1n) is 6.25. The summed E-state index contributed by atoms with van der Waals surface area (Å²) in [6.07, 6.45) is 6.84. The largest absolute Gasteiger partial charge is 0.290 e. The minimum absolute atomic E-state index is 0.264. The minimum atomic E-state index is -0.264. The molecule has 1 rings (SSSR count). The summed E-state index contributed by atoms with van der Waals surface area (Å²) in [5.74, 6) is 4.89. The van der Waals surface area contributed by atoms with Crippen LogP contribution in [0.4, 0.5) is 0 Å². The Morgan fingerprint density at radius 2 is 2.06 bits per heavy atom. The van der Waals surface area contributed by atoms with Crippen molar-refractivity contribution in [3.63, 3.8) is 0 Å². The molecule has 0 atom stereocenters. The average Bonchev–Trinajstić information content (AvgIpc) is 2.69. The maximum Gasteiger partial charge on any atom is 0.268 e. The van der Waals surface area contributed by atoms with Crippen LogP contribution in [0.1, 0.15) is 60.8 Å². The van der Waals surface area contributed by atoms with E-state index in [2.05, 4.69) is 22.5 Å². The monoisotopic (exact) mass is 238 g/mol. The van der Waals surface area contributed by atoms with E-state index in [9.17, 15) is 4.79 Å². The highest BCUT2D eigenvalue weighted by molar-refractivity contribution is 5.95. The Labute approximate surface area is 102 Å². The van der Waals surface area contributed by atoms with Crippen LogP contribution in [-0.4, -0.2) is 16.1 Å². The van der Waals surface area contributed by atoms with Gasteiger partial charge in [-0.1, -0.05) is 32.6 Å². The van der Waals surface area contributed by atoms with Gasteiger partial charge in [0.2, 0.25) is 0 Å². The van der Waals surface area contributed by atoms with Crippen molar-refractivity contribution in [1.82, 2.24) is 15.6 Å². The Morgan fingerprint density at radius 1 is 1.35 bits per heavy atom. The van der Waals surface area contributed by atoms with Gasteiger partial charge >= 0.3 is 0 Å². The van der Waals surface area contributed by atoms with Crippen LogP contribution in [0.5, 0.6) is 0 Å². The SMILES string of the molecule is CCCCCCCc1n[nH]c(C)c1C(=O)NN. The van der Waals surface area contributed by atoms with Crippen molar-refractivity contribution >= 4 is 5.91 Å². The molecule has 0 aliphatic rings. The van der Waals surface area contributed by atoms with E-state index >= 15 is 0 Å². The van der Waals surface area contributed by atoms with Gasteiger partial charge in [0, 0.05) is 5.69 Å². The lowest BCUT2D eigenvalue weighted by Gasteiger charge is -2.02. The van der Waals surface area contributed by atoms with Crippen LogP contribution < -0.4 is 11.3 Å². The smallest absolute Gasteiger partial charge is 0.268 e. The molecule has 1 heterocycles. The summed E-state index contributed by atoms with van der Waals surface area (Å²) in [6.45, 7) is 4.03. The number of aromatic amines is 1. The predicted octanol–water partition coefficient (Wildman–Crippen LogP) is 1.83. The molecule has 0 bridgehead atoms. The number of carbonyl (C=O) groups excluding carboxylic acids is 1. The average molecular weight is 238 g/mol. The molecular weight excluding hydrogens is 216 g/mol. The maximum atomic E-state index is 11.6. The van der Waals surface area contributed by atoms with E-state index in [-0.39, 0.29) is 5.91 Å². The molecule has 0 radical (unpaired) electrons. The second-order valence-electron chi connectivity index (χ2n) is 4.31. The van der Waals surface area contributed by atoms with Crippen molar-refractivity contribution in [2.24, 2.45) is 5.84 Å². The number of unbranched alkanes of at least 4 members (excludes halogenated alkanes) is 4. The molecule has 0 unspecified atom stereocenters. The summed E-state index contributed by atoms with van der Waals surface area (Å²) in [6, 6.07) is 0. The van der Waals surface area contributed by atoms with Crippen LogP contribution in [0, 0.1) is 6.92 Å². The molecular formula is C12H22N4O. The zero-order valence-corrected chi connectivity index (χ0v) is 10.7. The van der Waals surface area contributed by atoms with Crippen LogP contribution >= 0.6 is 0 Å². The van der Waals surface area contributed by atoms with Crippen molar-refractivity contribution in [2.75, 3.05) is 0 Å². The Morgan fingerprint density at radius 3 is 2.71 bits per heavy atom. The van der Waals surface area contributed by atoms with Gasteiger partial charge in [-0.15, -0.1) is 0 Å². The predicted molar refractivity (Wildman–Crippen MR) is 67.4 cm³/mol. The van der Waals surface area contributed by atoms with Gasteiger partial charge in [0.05, 0.1) is 11.3 Å². The topological polar surface area (TPSA) is 83.8 Å². The number of hydrogen-bond donors (Lipinski definition) is 3. The Balaban J connectivity index is 2.50. The number of aromatic nitrogens is 2. The highest BCUT2D eigenvalue weighted by Crippen LogP contribution is 2.14.